The number of hydrogen-bond donors (Lipinski definition) is 0. The molecule has 1 aliphatic rings. The standard InChI is InChI=1S/C13H12O/c1-2-13(14-9-1)12-7-5-11(6-8-12)10-3-4-10/h1-2,5-10H,3-4H2. The summed E-state index contributed by atoms with van der Waals surface area (Å²) in [6, 6.07) is 12.6. The van der Waals surface area contributed by atoms with Crippen LogP contribution in [0.4, 0.5) is 0 Å². The van der Waals surface area contributed by atoms with Crippen molar-refractivity contribution in [2.45, 2.75) is 18.8 Å². The van der Waals surface area contributed by atoms with Gasteiger partial charge in [0.2, 0.25) is 0 Å². The Kier molecular flexibility index (Phi) is 1.69. The van der Waals surface area contributed by atoms with E-state index in [0.29, 0.717) is 0 Å². The van der Waals surface area contributed by atoms with Crippen LogP contribution in [-0.2, 0) is 0 Å². The Bertz CT molecular complexity index is 407. The largest absolute Gasteiger partial charge is 0.464 e. The number of hydrogen-bond acceptors (Lipinski definition) is 1. The Hall–Kier alpha value is -1.50. The Morgan fingerprint density at radius 1 is 1.00 bits per heavy atom. The molecule has 0 bridgehead atoms. The summed E-state index contributed by atoms with van der Waals surface area (Å²) in [6.07, 6.45) is 4.43. The molecular weight excluding hydrogens is 172 g/mol. The SMILES string of the molecule is c1coc(-c2ccc(C3CC3)cc2)c1. The lowest BCUT2D eigenvalue weighted by Gasteiger charge is -1.99. The van der Waals surface area contributed by atoms with Gasteiger partial charge in [-0.2, -0.15) is 0 Å². The highest BCUT2D eigenvalue weighted by Crippen LogP contribution is 2.40. The summed E-state index contributed by atoms with van der Waals surface area (Å²) in [5.41, 5.74) is 2.64. The molecule has 1 nitrogen and oxygen atoms in total. The van der Waals surface area contributed by atoms with Crippen molar-refractivity contribution in [2.24, 2.45) is 0 Å². The van der Waals surface area contributed by atoms with Gasteiger partial charge in [-0.3, -0.25) is 0 Å². The van der Waals surface area contributed by atoms with Gasteiger partial charge in [-0.15, -0.1) is 0 Å². The fraction of sp³-hybridized carbons (Fsp3) is 0.231. The zero-order chi connectivity index (χ0) is 9.38. The van der Waals surface area contributed by atoms with Gasteiger partial charge in [0.05, 0.1) is 6.26 Å². The maximum Gasteiger partial charge on any atom is 0.133 e. The second-order valence-electron chi connectivity index (χ2n) is 3.87. The molecule has 0 unspecified atom stereocenters. The van der Waals surface area contributed by atoms with E-state index in [2.05, 4.69) is 24.3 Å². The van der Waals surface area contributed by atoms with Crippen LogP contribution < -0.4 is 0 Å². The quantitative estimate of drug-likeness (QED) is 0.691. The van der Waals surface area contributed by atoms with E-state index < -0.39 is 0 Å². The summed E-state index contributed by atoms with van der Waals surface area (Å²) in [6.45, 7) is 0. The molecule has 1 aliphatic carbocycles. The van der Waals surface area contributed by atoms with E-state index in [1.165, 1.54) is 24.0 Å². The summed E-state index contributed by atoms with van der Waals surface area (Å²) >= 11 is 0. The average Bonchev–Trinajstić information content (AvgIpc) is 2.94. The third-order valence-electron chi connectivity index (χ3n) is 2.77. The van der Waals surface area contributed by atoms with E-state index >= 15 is 0 Å². The molecule has 1 heteroatoms. The predicted molar refractivity (Wildman–Crippen MR) is 56.1 cm³/mol. The Labute approximate surface area is 83.4 Å². The minimum Gasteiger partial charge on any atom is -0.464 e. The zero-order valence-corrected chi connectivity index (χ0v) is 7.94. The van der Waals surface area contributed by atoms with Crippen LogP contribution in [0.25, 0.3) is 11.3 Å². The third kappa shape index (κ3) is 1.35. The monoisotopic (exact) mass is 184 g/mol. The minimum absolute atomic E-state index is 0.834. The summed E-state index contributed by atoms with van der Waals surface area (Å²) in [7, 11) is 0. The lowest BCUT2D eigenvalue weighted by Crippen LogP contribution is -1.79. The molecule has 0 amide bonds. The topological polar surface area (TPSA) is 13.1 Å². The maximum absolute atomic E-state index is 5.34. The van der Waals surface area contributed by atoms with Gasteiger partial charge in [0.25, 0.3) is 0 Å². The van der Waals surface area contributed by atoms with Crippen LogP contribution in [0.3, 0.4) is 0 Å². The van der Waals surface area contributed by atoms with E-state index in [0.717, 1.165) is 11.7 Å². The van der Waals surface area contributed by atoms with Gasteiger partial charge in [0.15, 0.2) is 0 Å². The van der Waals surface area contributed by atoms with E-state index in [9.17, 15) is 0 Å². The van der Waals surface area contributed by atoms with Gasteiger partial charge in [-0.25, -0.2) is 0 Å². The molecule has 1 heterocycles. The van der Waals surface area contributed by atoms with Crippen molar-refractivity contribution < 1.29 is 4.42 Å². The first-order valence-corrected chi connectivity index (χ1v) is 5.07. The van der Waals surface area contributed by atoms with Crippen LogP contribution in [0.5, 0.6) is 0 Å². The van der Waals surface area contributed by atoms with Crippen molar-refractivity contribution in [3.05, 3.63) is 48.2 Å². The molecule has 0 aliphatic heterocycles. The van der Waals surface area contributed by atoms with Gasteiger partial charge in [0.1, 0.15) is 5.76 Å². The smallest absolute Gasteiger partial charge is 0.133 e. The second kappa shape index (κ2) is 3.02. The van der Waals surface area contributed by atoms with Crippen molar-refractivity contribution in [2.75, 3.05) is 0 Å². The third-order valence-corrected chi connectivity index (χ3v) is 2.77. The molecule has 1 aromatic carbocycles. The van der Waals surface area contributed by atoms with Crippen molar-refractivity contribution in [3.63, 3.8) is 0 Å². The highest BCUT2D eigenvalue weighted by Gasteiger charge is 2.22. The van der Waals surface area contributed by atoms with E-state index in [1.807, 2.05) is 12.1 Å². The molecule has 70 valence electrons. The summed E-state index contributed by atoms with van der Waals surface area (Å²) in [5, 5.41) is 0. The minimum atomic E-state index is 0.834. The molecule has 1 saturated carbocycles. The molecule has 2 aromatic rings. The lowest BCUT2D eigenvalue weighted by atomic mass is 10.1. The summed E-state index contributed by atoms with van der Waals surface area (Å²) in [5.74, 6) is 1.79. The van der Waals surface area contributed by atoms with Crippen LogP contribution in [0, 0.1) is 0 Å². The highest BCUT2D eigenvalue weighted by molar-refractivity contribution is 5.57. The van der Waals surface area contributed by atoms with Crippen molar-refractivity contribution >= 4 is 0 Å². The Balaban J connectivity index is 1.93. The highest BCUT2D eigenvalue weighted by atomic mass is 16.3. The average molecular weight is 184 g/mol. The van der Waals surface area contributed by atoms with Crippen LogP contribution >= 0.6 is 0 Å². The molecule has 0 radical (unpaired) electrons. The molecule has 1 aromatic heterocycles. The van der Waals surface area contributed by atoms with Gasteiger partial charge >= 0.3 is 0 Å². The fourth-order valence-electron chi connectivity index (χ4n) is 1.78. The van der Waals surface area contributed by atoms with Gasteiger partial charge in [-0.1, -0.05) is 24.3 Å². The van der Waals surface area contributed by atoms with Gasteiger partial charge in [-0.05, 0) is 36.5 Å². The first kappa shape index (κ1) is 7.86. The van der Waals surface area contributed by atoms with Crippen LogP contribution in [-0.4, -0.2) is 0 Å². The second-order valence-corrected chi connectivity index (χ2v) is 3.87. The molecule has 1 fully saturated rings. The van der Waals surface area contributed by atoms with Crippen LogP contribution in [0.15, 0.2) is 47.1 Å². The Morgan fingerprint density at radius 2 is 1.79 bits per heavy atom. The van der Waals surface area contributed by atoms with Gasteiger partial charge < -0.3 is 4.42 Å². The Morgan fingerprint density at radius 3 is 2.36 bits per heavy atom. The molecule has 0 spiro atoms. The number of furan rings is 1. The van der Waals surface area contributed by atoms with Crippen molar-refractivity contribution in [1.82, 2.24) is 0 Å². The number of benzene rings is 1. The van der Waals surface area contributed by atoms with E-state index in [4.69, 9.17) is 4.42 Å². The molecule has 3 rings (SSSR count). The van der Waals surface area contributed by atoms with Crippen LogP contribution in [0.2, 0.25) is 0 Å². The maximum atomic E-state index is 5.34. The van der Waals surface area contributed by atoms with E-state index in [-0.39, 0.29) is 0 Å². The molecule has 0 saturated heterocycles. The van der Waals surface area contributed by atoms with Crippen LogP contribution in [0.1, 0.15) is 24.3 Å². The first-order chi connectivity index (χ1) is 6.93. The molecule has 14 heavy (non-hydrogen) atoms. The summed E-state index contributed by atoms with van der Waals surface area (Å²) in [4.78, 5) is 0. The lowest BCUT2D eigenvalue weighted by molar-refractivity contribution is 0.582. The van der Waals surface area contributed by atoms with Crippen molar-refractivity contribution in [1.29, 1.82) is 0 Å². The zero-order valence-electron chi connectivity index (χ0n) is 7.94. The molecular formula is C13H12O. The normalized spacial score (nSPS) is 15.7. The predicted octanol–water partition coefficient (Wildman–Crippen LogP) is 3.82. The fourth-order valence-corrected chi connectivity index (χ4v) is 1.78. The van der Waals surface area contributed by atoms with Gasteiger partial charge in [0, 0.05) is 5.56 Å². The first-order valence-electron chi connectivity index (χ1n) is 5.07. The molecule has 0 atom stereocenters. The van der Waals surface area contributed by atoms with E-state index in [1.54, 1.807) is 6.26 Å². The number of rotatable bonds is 2. The summed E-state index contributed by atoms with van der Waals surface area (Å²) < 4.78 is 5.34. The molecule has 0 N–H and O–H groups in total. The van der Waals surface area contributed by atoms with Crippen molar-refractivity contribution in [3.8, 4) is 11.3 Å².